The normalized spacial score (nSPS) is 12.0. The van der Waals surface area contributed by atoms with E-state index in [0.717, 1.165) is 0 Å². The molecule has 126 valence electrons. The summed E-state index contributed by atoms with van der Waals surface area (Å²) >= 11 is 0. The number of imidazole rings is 1. The van der Waals surface area contributed by atoms with Gasteiger partial charge in [-0.25, -0.2) is 19.3 Å². The Morgan fingerprint density at radius 1 is 1.12 bits per heavy atom. The predicted octanol–water partition coefficient (Wildman–Crippen LogP) is 3.34. The summed E-state index contributed by atoms with van der Waals surface area (Å²) in [7, 11) is 0. The van der Waals surface area contributed by atoms with E-state index in [1.54, 1.807) is 16.7 Å². The quantitative estimate of drug-likeness (QED) is 0.564. The summed E-state index contributed by atoms with van der Waals surface area (Å²) in [5.41, 5.74) is 1.27. The summed E-state index contributed by atoms with van der Waals surface area (Å²) in [5.74, 6) is -1.91. The number of halogens is 4. The summed E-state index contributed by atoms with van der Waals surface area (Å²) < 4.78 is 53.2. The van der Waals surface area contributed by atoms with E-state index >= 15 is 0 Å². The van der Waals surface area contributed by atoms with Crippen molar-refractivity contribution in [2.75, 3.05) is 0 Å². The molecule has 0 bridgehead atoms. The van der Waals surface area contributed by atoms with E-state index in [1.165, 1.54) is 30.6 Å². The Labute approximate surface area is 137 Å². The molecular weight excluding hydrogens is 340 g/mol. The third-order valence-corrected chi connectivity index (χ3v) is 3.46. The van der Waals surface area contributed by atoms with Crippen LogP contribution in [0, 0.1) is 5.82 Å². The van der Waals surface area contributed by atoms with Crippen LogP contribution in [0.2, 0.25) is 0 Å². The number of hydrogen-bond acceptors (Lipinski definition) is 4. The van der Waals surface area contributed by atoms with E-state index < -0.39 is 17.8 Å². The number of nitrogens with zero attached hydrogens (tertiary/aromatic N) is 5. The third kappa shape index (κ3) is 2.71. The Balaban J connectivity index is 1.90. The van der Waals surface area contributed by atoms with Crippen LogP contribution < -0.4 is 0 Å². The fourth-order valence-corrected chi connectivity index (χ4v) is 2.37. The van der Waals surface area contributed by atoms with Crippen LogP contribution in [-0.2, 0) is 6.18 Å². The average molecular weight is 348 g/mol. The second-order valence-corrected chi connectivity index (χ2v) is 5.15. The lowest BCUT2D eigenvalue weighted by molar-refractivity contribution is -0.144. The van der Waals surface area contributed by atoms with Gasteiger partial charge in [0.25, 0.3) is 0 Å². The number of fused-ring (bicyclic) bond motifs is 1. The van der Waals surface area contributed by atoms with Gasteiger partial charge in [0.1, 0.15) is 17.2 Å². The Kier molecular flexibility index (Phi) is 3.27. The van der Waals surface area contributed by atoms with Gasteiger partial charge in [0, 0.05) is 24.2 Å². The number of nitrogens with one attached hydrogen (secondary N) is 1. The lowest BCUT2D eigenvalue weighted by atomic mass is 10.1. The molecule has 0 spiro atoms. The van der Waals surface area contributed by atoms with Crippen molar-refractivity contribution in [3.05, 3.63) is 54.5 Å². The summed E-state index contributed by atoms with van der Waals surface area (Å²) in [4.78, 5) is 11.9. The van der Waals surface area contributed by atoms with Crippen molar-refractivity contribution < 1.29 is 17.6 Å². The largest absolute Gasteiger partial charge is 0.451 e. The number of hydrogen-bond donors (Lipinski definition) is 1. The molecule has 0 aliphatic carbocycles. The molecule has 0 atom stereocenters. The van der Waals surface area contributed by atoms with Crippen LogP contribution in [0.25, 0.3) is 28.4 Å². The highest BCUT2D eigenvalue weighted by Crippen LogP contribution is 2.29. The van der Waals surface area contributed by atoms with Gasteiger partial charge in [-0.3, -0.25) is 5.10 Å². The van der Waals surface area contributed by atoms with E-state index in [2.05, 4.69) is 20.1 Å². The van der Waals surface area contributed by atoms with Crippen LogP contribution in [0.5, 0.6) is 0 Å². The second-order valence-electron chi connectivity index (χ2n) is 5.15. The first-order valence-electron chi connectivity index (χ1n) is 7.01. The van der Waals surface area contributed by atoms with Crippen LogP contribution in [0.3, 0.4) is 0 Å². The molecule has 6 nitrogen and oxygen atoms in total. The predicted molar refractivity (Wildman–Crippen MR) is 78.8 cm³/mol. The summed E-state index contributed by atoms with van der Waals surface area (Å²) in [6.07, 6.45) is -0.0897. The molecule has 3 aromatic heterocycles. The van der Waals surface area contributed by atoms with E-state index in [0.29, 0.717) is 16.9 Å². The van der Waals surface area contributed by atoms with Gasteiger partial charge in [-0.2, -0.15) is 18.3 Å². The molecule has 4 rings (SSSR count). The Morgan fingerprint density at radius 3 is 2.68 bits per heavy atom. The number of aromatic nitrogens is 6. The second kappa shape index (κ2) is 5.36. The molecule has 0 saturated heterocycles. The van der Waals surface area contributed by atoms with Gasteiger partial charge < -0.3 is 4.40 Å². The highest BCUT2D eigenvalue weighted by atomic mass is 19.4. The molecule has 1 aromatic carbocycles. The molecule has 0 aliphatic rings. The lowest BCUT2D eigenvalue weighted by Crippen LogP contribution is -2.07. The number of alkyl halides is 3. The van der Waals surface area contributed by atoms with Crippen molar-refractivity contribution >= 4 is 5.65 Å². The molecule has 3 heterocycles. The SMILES string of the molecule is Fc1cccc(-c2nc(-c3n[nH]c(C(F)(F)F)n3)cn3ccnc23)c1. The molecule has 0 aliphatic heterocycles. The first-order chi connectivity index (χ1) is 11.9. The Hall–Kier alpha value is -3.30. The van der Waals surface area contributed by atoms with Crippen LogP contribution in [0.1, 0.15) is 5.82 Å². The molecule has 0 amide bonds. The van der Waals surface area contributed by atoms with Crippen LogP contribution in [-0.4, -0.2) is 29.5 Å². The summed E-state index contributed by atoms with van der Waals surface area (Å²) in [6.45, 7) is 0. The molecule has 25 heavy (non-hydrogen) atoms. The highest BCUT2D eigenvalue weighted by molar-refractivity contribution is 5.75. The Bertz CT molecular complexity index is 1070. The lowest BCUT2D eigenvalue weighted by Gasteiger charge is -2.06. The average Bonchev–Trinajstić information content (AvgIpc) is 3.22. The molecule has 0 fully saturated rings. The zero-order chi connectivity index (χ0) is 17.6. The Morgan fingerprint density at radius 2 is 1.96 bits per heavy atom. The van der Waals surface area contributed by atoms with Crippen molar-refractivity contribution in [3.63, 3.8) is 0 Å². The van der Waals surface area contributed by atoms with Gasteiger partial charge in [0.2, 0.25) is 11.6 Å². The van der Waals surface area contributed by atoms with Crippen molar-refractivity contribution in [3.8, 4) is 22.8 Å². The van der Waals surface area contributed by atoms with E-state index in [4.69, 9.17) is 0 Å². The molecule has 4 aromatic rings. The number of H-pyrrole nitrogens is 1. The minimum absolute atomic E-state index is 0.0940. The molecule has 0 saturated carbocycles. The first kappa shape index (κ1) is 15.2. The zero-order valence-electron chi connectivity index (χ0n) is 12.3. The highest BCUT2D eigenvalue weighted by Gasteiger charge is 2.35. The van der Waals surface area contributed by atoms with Gasteiger partial charge in [-0.05, 0) is 12.1 Å². The van der Waals surface area contributed by atoms with E-state index in [1.807, 2.05) is 5.10 Å². The molecular formula is C15H8F4N6. The van der Waals surface area contributed by atoms with E-state index in [-0.39, 0.29) is 11.5 Å². The number of benzene rings is 1. The van der Waals surface area contributed by atoms with Crippen molar-refractivity contribution in [1.29, 1.82) is 0 Å². The van der Waals surface area contributed by atoms with Gasteiger partial charge in [-0.15, -0.1) is 0 Å². The fourth-order valence-electron chi connectivity index (χ4n) is 2.37. The maximum Gasteiger partial charge on any atom is 0.451 e. The standard InChI is InChI=1S/C15H8F4N6/c16-9-3-1-2-8(6-9)11-13-20-4-5-25(13)7-10(21-11)12-22-14(24-23-12)15(17,18)19/h1-7H,(H,22,23,24). The van der Waals surface area contributed by atoms with Gasteiger partial charge in [0.05, 0.1) is 0 Å². The smallest absolute Gasteiger partial charge is 0.303 e. The monoisotopic (exact) mass is 348 g/mol. The molecule has 0 unspecified atom stereocenters. The van der Waals surface area contributed by atoms with Crippen molar-refractivity contribution in [2.45, 2.75) is 6.18 Å². The van der Waals surface area contributed by atoms with Crippen LogP contribution in [0.4, 0.5) is 17.6 Å². The van der Waals surface area contributed by atoms with E-state index in [9.17, 15) is 17.6 Å². The molecule has 1 N–H and O–H groups in total. The minimum Gasteiger partial charge on any atom is -0.303 e. The zero-order valence-corrected chi connectivity index (χ0v) is 12.3. The van der Waals surface area contributed by atoms with Gasteiger partial charge in [0.15, 0.2) is 5.65 Å². The van der Waals surface area contributed by atoms with Crippen molar-refractivity contribution in [2.24, 2.45) is 0 Å². The summed E-state index contributed by atoms with van der Waals surface area (Å²) in [5, 5.41) is 5.41. The van der Waals surface area contributed by atoms with Crippen molar-refractivity contribution in [1.82, 2.24) is 29.5 Å². The molecule has 0 radical (unpaired) electrons. The fraction of sp³-hybridized carbons (Fsp3) is 0.0667. The topological polar surface area (TPSA) is 71.8 Å². The van der Waals surface area contributed by atoms with Crippen LogP contribution >= 0.6 is 0 Å². The van der Waals surface area contributed by atoms with Crippen LogP contribution in [0.15, 0.2) is 42.9 Å². The first-order valence-corrected chi connectivity index (χ1v) is 7.01. The maximum absolute atomic E-state index is 13.5. The minimum atomic E-state index is -4.64. The maximum atomic E-state index is 13.5. The van der Waals surface area contributed by atoms with Gasteiger partial charge in [-0.1, -0.05) is 12.1 Å². The van der Waals surface area contributed by atoms with Gasteiger partial charge >= 0.3 is 6.18 Å². The number of rotatable bonds is 2. The number of aromatic amines is 1. The third-order valence-electron chi connectivity index (χ3n) is 3.46. The molecule has 10 heteroatoms. The summed E-state index contributed by atoms with van der Waals surface area (Å²) in [6, 6.07) is 5.68.